The predicted octanol–water partition coefficient (Wildman–Crippen LogP) is 5.01. The van der Waals surface area contributed by atoms with Gasteiger partial charge in [-0.3, -0.25) is 14.9 Å². The van der Waals surface area contributed by atoms with Gasteiger partial charge in [-0.1, -0.05) is 54.6 Å². The molecule has 0 heterocycles. The van der Waals surface area contributed by atoms with Gasteiger partial charge in [0.15, 0.2) is 6.61 Å². The third-order valence-corrected chi connectivity index (χ3v) is 5.12. The van der Waals surface area contributed by atoms with E-state index in [9.17, 15) is 19.7 Å². The molecule has 184 valence electrons. The lowest BCUT2D eigenvalue weighted by Gasteiger charge is -2.07. The third-order valence-electron chi connectivity index (χ3n) is 5.12. The number of non-ortho nitro benzene ring substituents is 1. The molecule has 0 aliphatic carbocycles. The number of hydrogen-bond acceptors (Lipinski definition) is 7. The Morgan fingerprint density at radius 3 is 2.24 bits per heavy atom. The van der Waals surface area contributed by atoms with Gasteiger partial charge in [-0.15, -0.1) is 0 Å². The molecule has 1 N–H and O–H groups in total. The van der Waals surface area contributed by atoms with Gasteiger partial charge in [-0.2, -0.15) is 5.10 Å². The van der Waals surface area contributed by atoms with Crippen LogP contribution in [0.15, 0.2) is 108 Å². The Balaban J connectivity index is 1.26. The van der Waals surface area contributed by atoms with Crippen LogP contribution in [0.25, 0.3) is 11.1 Å². The molecule has 0 fully saturated rings. The van der Waals surface area contributed by atoms with Gasteiger partial charge in [0, 0.05) is 12.1 Å². The molecule has 0 unspecified atom stereocenters. The van der Waals surface area contributed by atoms with E-state index in [1.165, 1.54) is 30.5 Å². The van der Waals surface area contributed by atoms with E-state index < -0.39 is 16.8 Å². The molecular weight excluding hydrogens is 474 g/mol. The zero-order chi connectivity index (χ0) is 26.0. The molecule has 0 atom stereocenters. The van der Waals surface area contributed by atoms with E-state index >= 15 is 0 Å². The van der Waals surface area contributed by atoms with Gasteiger partial charge in [-0.05, 0) is 53.1 Å². The van der Waals surface area contributed by atoms with Crippen LogP contribution in [0, 0.1) is 10.1 Å². The number of rotatable bonds is 9. The van der Waals surface area contributed by atoms with Crippen molar-refractivity contribution >= 4 is 23.8 Å². The van der Waals surface area contributed by atoms with E-state index in [1.807, 2.05) is 42.5 Å². The number of carbonyl (C=O) groups excluding carboxylic acids is 2. The van der Waals surface area contributed by atoms with Gasteiger partial charge >= 0.3 is 5.97 Å². The number of amides is 1. The number of esters is 1. The molecule has 0 aliphatic heterocycles. The van der Waals surface area contributed by atoms with E-state index in [0.29, 0.717) is 11.3 Å². The van der Waals surface area contributed by atoms with Gasteiger partial charge < -0.3 is 9.47 Å². The van der Waals surface area contributed by atoms with Crippen LogP contribution in [0.2, 0.25) is 0 Å². The molecule has 1 amide bonds. The van der Waals surface area contributed by atoms with Gasteiger partial charge in [0.05, 0.1) is 16.7 Å². The number of hydrazone groups is 1. The van der Waals surface area contributed by atoms with Crippen molar-refractivity contribution < 1.29 is 24.0 Å². The van der Waals surface area contributed by atoms with Crippen molar-refractivity contribution in [3.05, 3.63) is 124 Å². The van der Waals surface area contributed by atoms with Crippen molar-refractivity contribution in [2.24, 2.45) is 5.10 Å². The number of nitrogens with zero attached hydrogens (tertiary/aromatic N) is 2. The largest absolute Gasteiger partial charge is 0.484 e. The van der Waals surface area contributed by atoms with Crippen LogP contribution in [-0.2, 0) is 4.79 Å². The molecule has 37 heavy (non-hydrogen) atoms. The Morgan fingerprint density at radius 2 is 1.54 bits per heavy atom. The summed E-state index contributed by atoms with van der Waals surface area (Å²) >= 11 is 0. The maximum atomic E-state index is 12.3. The van der Waals surface area contributed by atoms with Gasteiger partial charge in [0.25, 0.3) is 11.6 Å². The smallest absolute Gasteiger partial charge is 0.343 e. The third kappa shape index (κ3) is 7.09. The predicted molar refractivity (Wildman–Crippen MR) is 138 cm³/mol. The lowest BCUT2D eigenvalue weighted by molar-refractivity contribution is -0.384. The number of nitrogens with one attached hydrogen (secondary N) is 1. The highest BCUT2D eigenvalue weighted by molar-refractivity contribution is 5.91. The maximum Gasteiger partial charge on any atom is 0.343 e. The molecule has 9 heteroatoms. The fourth-order valence-electron chi connectivity index (χ4n) is 3.28. The number of ether oxygens (including phenoxy) is 2. The van der Waals surface area contributed by atoms with E-state index in [-0.39, 0.29) is 23.6 Å². The van der Waals surface area contributed by atoms with E-state index in [0.717, 1.165) is 11.1 Å². The lowest BCUT2D eigenvalue weighted by Crippen LogP contribution is -2.24. The lowest BCUT2D eigenvalue weighted by atomic mass is 10.1. The van der Waals surface area contributed by atoms with Gasteiger partial charge in [-0.25, -0.2) is 10.2 Å². The van der Waals surface area contributed by atoms with E-state index in [2.05, 4.69) is 10.5 Å². The van der Waals surface area contributed by atoms with Crippen molar-refractivity contribution in [1.82, 2.24) is 5.43 Å². The van der Waals surface area contributed by atoms with Crippen LogP contribution in [-0.4, -0.2) is 29.6 Å². The first kappa shape index (κ1) is 24.8. The molecule has 4 aromatic rings. The van der Waals surface area contributed by atoms with Crippen molar-refractivity contribution in [3.63, 3.8) is 0 Å². The molecular formula is C28H21N3O6. The van der Waals surface area contributed by atoms with Crippen molar-refractivity contribution in [1.29, 1.82) is 0 Å². The Labute approximate surface area is 212 Å². The summed E-state index contributed by atoms with van der Waals surface area (Å²) in [6.45, 7) is -0.213. The van der Waals surface area contributed by atoms with Crippen LogP contribution >= 0.6 is 0 Å². The minimum Gasteiger partial charge on any atom is -0.484 e. The van der Waals surface area contributed by atoms with Crippen LogP contribution < -0.4 is 14.9 Å². The molecule has 0 saturated heterocycles. The van der Waals surface area contributed by atoms with Gasteiger partial charge in [0.2, 0.25) is 0 Å². The van der Waals surface area contributed by atoms with Crippen molar-refractivity contribution in [2.75, 3.05) is 6.61 Å². The quantitative estimate of drug-likeness (QED) is 0.115. The fourth-order valence-corrected chi connectivity index (χ4v) is 3.28. The Morgan fingerprint density at radius 1 is 0.838 bits per heavy atom. The molecule has 0 aromatic heterocycles. The number of carbonyl (C=O) groups is 2. The summed E-state index contributed by atoms with van der Waals surface area (Å²) in [5.74, 6) is -0.294. The average Bonchev–Trinajstić information content (AvgIpc) is 2.93. The summed E-state index contributed by atoms with van der Waals surface area (Å²) in [5, 5.41) is 14.6. The fraction of sp³-hybridized carbons (Fsp3) is 0.0357. The molecule has 0 bridgehead atoms. The Kier molecular flexibility index (Phi) is 7.97. The maximum absolute atomic E-state index is 12.3. The van der Waals surface area contributed by atoms with Crippen LogP contribution in [0.1, 0.15) is 15.9 Å². The first-order valence-corrected chi connectivity index (χ1v) is 11.1. The van der Waals surface area contributed by atoms with E-state index in [4.69, 9.17) is 9.47 Å². The second kappa shape index (κ2) is 11.9. The molecule has 4 aromatic carbocycles. The van der Waals surface area contributed by atoms with E-state index in [1.54, 1.807) is 36.4 Å². The summed E-state index contributed by atoms with van der Waals surface area (Å²) in [5.41, 5.74) is 5.14. The highest BCUT2D eigenvalue weighted by Gasteiger charge is 2.12. The average molecular weight is 495 g/mol. The normalized spacial score (nSPS) is 10.6. The minimum atomic E-state index is -0.661. The van der Waals surface area contributed by atoms with Gasteiger partial charge in [0.1, 0.15) is 11.5 Å². The monoisotopic (exact) mass is 495 g/mol. The van der Waals surface area contributed by atoms with Crippen molar-refractivity contribution in [2.45, 2.75) is 0 Å². The summed E-state index contributed by atoms with van der Waals surface area (Å²) in [6.07, 6.45) is 1.40. The minimum absolute atomic E-state index is 0.122. The molecule has 0 spiro atoms. The van der Waals surface area contributed by atoms with Crippen LogP contribution in [0.4, 0.5) is 5.69 Å². The highest BCUT2D eigenvalue weighted by Crippen LogP contribution is 2.22. The molecule has 0 saturated carbocycles. The SMILES string of the molecule is O=C(COc1ccc(-c2ccccc2)cc1)NN=Cc1cccc(OC(=O)c2ccc([N+](=O)[O-])cc2)c1. The summed E-state index contributed by atoms with van der Waals surface area (Å²) < 4.78 is 10.8. The van der Waals surface area contributed by atoms with Crippen LogP contribution in [0.5, 0.6) is 11.5 Å². The summed E-state index contributed by atoms with van der Waals surface area (Å²) in [7, 11) is 0. The van der Waals surface area contributed by atoms with Crippen LogP contribution in [0.3, 0.4) is 0 Å². The molecule has 9 nitrogen and oxygen atoms in total. The second-order valence-electron chi connectivity index (χ2n) is 7.74. The standard InChI is InChI=1S/C28H21N3O6/c32-27(19-36-25-15-11-22(12-16-25)21-6-2-1-3-7-21)30-29-18-20-5-4-8-26(17-20)37-28(33)23-9-13-24(14-10-23)31(34)35/h1-18H,19H2,(H,30,32). The second-order valence-corrected chi connectivity index (χ2v) is 7.74. The molecule has 0 radical (unpaired) electrons. The number of nitro benzene ring substituents is 1. The van der Waals surface area contributed by atoms with Crippen molar-refractivity contribution in [3.8, 4) is 22.6 Å². The number of benzene rings is 4. The number of nitro groups is 1. The summed E-state index contributed by atoms with van der Waals surface area (Å²) in [6, 6.07) is 28.9. The zero-order valence-corrected chi connectivity index (χ0v) is 19.4. The Hall–Kier alpha value is -5.31. The molecule has 4 rings (SSSR count). The summed E-state index contributed by atoms with van der Waals surface area (Å²) in [4.78, 5) is 34.6. The highest BCUT2D eigenvalue weighted by atomic mass is 16.6. The first-order chi connectivity index (χ1) is 18.0. The first-order valence-electron chi connectivity index (χ1n) is 11.1. The Bertz CT molecular complexity index is 1420. The zero-order valence-electron chi connectivity index (χ0n) is 19.4. The topological polar surface area (TPSA) is 120 Å². The number of hydrogen-bond donors (Lipinski definition) is 1. The molecule has 0 aliphatic rings.